The molecule has 1 N–H and O–H groups in total. The Bertz CT molecular complexity index is 322. The molecule has 0 bridgehead atoms. The van der Waals surface area contributed by atoms with Crippen molar-refractivity contribution < 1.29 is 5.11 Å². The molecule has 0 saturated heterocycles. The van der Waals surface area contributed by atoms with E-state index in [0.717, 1.165) is 23.0 Å². The maximum Gasteiger partial charge on any atom is 0.118 e. The summed E-state index contributed by atoms with van der Waals surface area (Å²) in [7, 11) is 0. The fourth-order valence-electron chi connectivity index (χ4n) is 2.03. The summed E-state index contributed by atoms with van der Waals surface area (Å²) in [5.74, 6) is 2.62. The molecule has 1 aromatic rings. The summed E-state index contributed by atoms with van der Waals surface area (Å²) in [4.78, 5) is 0. The number of phenolic OH excluding ortho intramolecular Hbond substituents is 1. The Kier molecular flexibility index (Phi) is 4.85. The fourth-order valence-corrected chi connectivity index (χ4v) is 2.03. The van der Waals surface area contributed by atoms with Crippen molar-refractivity contribution in [2.45, 2.75) is 47.0 Å². The van der Waals surface area contributed by atoms with Crippen LogP contribution in [0.5, 0.6) is 5.75 Å². The number of hydrogen-bond donors (Lipinski definition) is 1. The zero-order valence-electron chi connectivity index (χ0n) is 11.0. The van der Waals surface area contributed by atoms with Gasteiger partial charge in [0, 0.05) is 0 Å². The SMILES string of the molecule is CCC1C[C@@H]1CC.Cc1ccc(C)c(O)c1. The van der Waals surface area contributed by atoms with Crippen molar-refractivity contribution in [1.82, 2.24) is 0 Å². The van der Waals surface area contributed by atoms with Gasteiger partial charge in [0.2, 0.25) is 0 Å². The van der Waals surface area contributed by atoms with E-state index in [0.29, 0.717) is 5.75 Å². The van der Waals surface area contributed by atoms with E-state index in [4.69, 9.17) is 5.11 Å². The maximum absolute atomic E-state index is 9.10. The molecule has 1 saturated carbocycles. The third-order valence-corrected chi connectivity index (χ3v) is 3.48. The second kappa shape index (κ2) is 5.93. The molecule has 1 fully saturated rings. The van der Waals surface area contributed by atoms with Crippen LogP contribution in [0.25, 0.3) is 0 Å². The lowest BCUT2D eigenvalue weighted by molar-refractivity contribution is 0.470. The summed E-state index contributed by atoms with van der Waals surface area (Å²) < 4.78 is 0. The van der Waals surface area contributed by atoms with Crippen LogP contribution in [0.4, 0.5) is 0 Å². The van der Waals surface area contributed by atoms with Gasteiger partial charge in [0.1, 0.15) is 5.75 Å². The minimum absolute atomic E-state index is 0.384. The van der Waals surface area contributed by atoms with Crippen molar-refractivity contribution >= 4 is 0 Å². The molecular weight excluding hydrogens is 196 g/mol. The summed E-state index contributed by atoms with van der Waals surface area (Å²) in [6.45, 7) is 8.43. The van der Waals surface area contributed by atoms with Gasteiger partial charge in [-0.05, 0) is 49.3 Å². The van der Waals surface area contributed by atoms with Crippen LogP contribution in [-0.2, 0) is 0 Å². The van der Waals surface area contributed by atoms with Gasteiger partial charge in [0.15, 0.2) is 0 Å². The van der Waals surface area contributed by atoms with Crippen molar-refractivity contribution in [2.24, 2.45) is 11.8 Å². The molecule has 0 heterocycles. The number of aryl methyl sites for hydroxylation is 2. The average molecular weight is 220 g/mol. The molecule has 1 aromatic carbocycles. The van der Waals surface area contributed by atoms with E-state index >= 15 is 0 Å². The van der Waals surface area contributed by atoms with E-state index in [9.17, 15) is 0 Å². The van der Waals surface area contributed by atoms with Crippen LogP contribution in [0.3, 0.4) is 0 Å². The van der Waals surface area contributed by atoms with Crippen LogP contribution in [0.1, 0.15) is 44.2 Å². The highest BCUT2D eigenvalue weighted by Crippen LogP contribution is 2.42. The largest absolute Gasteiger partial charge is 0.508 e. The first kappa shape index (κ1) is 13.1. The highest BCUT2D eigenvalue weighted by molar-refractivity contribution is 5.34. The molecule has 0 spiro atoms. The molecule has 0 radical (unpaired) electrons. The van der Waals surface area contributed by atoms with Gasteiger partial charge in [-0.1, -0.05) is 38.8 Å². The second-order valence-electron chi connectivity index (χ2n) is 4.86. The molecule has 90 valence electrons. The van der Waals surface area contributed by atoms with E-state index < -0.39 is 0 Å². The van der Waals surface area contributed by atoms with Crippen molar-refractivity contribution in [3.8, 4) is 5.75 Å². The van der Waals surface area contributed by atoms with Gasteiger partial charge in [-0.25, -0.2) is 0 Å². The zero-order chi connectivity index (χ0) is 12.1. The average Bonchev–Trinajstić information content (AvgIpc) is 3.03. The summed E-state index contributed by atoms with van der Waals surface area (Å²) in [5.41, 5.74) is 2.03. The van der Waals surface area contributed by atoms with Crippen LogP contribution in [0.2, 0.25) is 0 Å². The number of phenols is 1. The molecule has 0 aromatic heterocycles. The Labute approximate surface area is 99.5 Å². The number of hydrogen-bond acceptors (Lipinski definition) is 1. The lowest BCUT2D eigenvalue weighted by Gasteiger charge is -1.97. The van der Waals surface area contributed by atoms with Crippen molar-refractivity contribution in [1.29, 1.82) is 0 Å². The predicted molar refractivity (Wildman–Crippen MR) is 69.8 cm³/mol. The molecule has 16 heavy (non-hydrogen) atoms. The second-order valence-corrected chi connectivity index (χ2v) is 4.86. The fraction of sp³-hybridized carbons (Fsp3) is 0.600. The van der Waals surface area contributed by atoms with Crippen molar-refractivity contribution in [3.05, 3.63) is 29.3 Å². The van der Waals surface area contributed by atoms with Gasteiger partial charge in [-0.3, -0.25) is 0 Å². The standard InChI is InChI=1S/C8H10O.C7H14/c1-6-3-4-7(2)8(9)5-6;1-3-6-5-7(6)4-2/h3-5,9H,1-2H3;6-7H,3-5H2,1-2H3/t;6-,7?/m.0/s1. The van der Waals surface area contributed by atoms with Crippen LogP contribution in [0.15, 0.2) is 18.2 Å². The van der Waals surface area contributed by atoms with E-state index in [1.807, 2.05) is 26.0 Å². The molecular formula is C15H24O. The van der Waals surface area contributed by atoms with Gasteiger partial charge < -0.3 is 5.11 Å². The normalized spacial score (nSPS) is 22.2. The Morgan fingerprint density at radius 1 is 1.12 bits per heavy atom. The van der Waals surface area contributed by atoms with Crippen molar-refractivity contribution in [2.75, 3.05) is 0 Å². The zero-order valence-corrected chi connectivity index (χ0v) is 11.0. The molecule has 0 amide bonds. The predicted octanol–water partition coefficient (Wildman–Crippen LogP) is 4.45. The molecule has 2 rings (SSSR count). The minimum Gasteiger partial charge on any atom is -0.508 e. The quantitative estimate of drug-likeness (QED) is 0.780. The van der Waals surface area contributed by atoms with E-state index in [-0.39, 0.29) is 0 Å². The van der Waals surface area contributed by atoms with Gasteiger partial charge >= 0.3 is 0 Å². The molecule has 2 atom stereocenters. The van der Waals surface area contributed by atoms with Gasteiger partial charge in [0.25, 0.3) is 0 Å². The monoisotopic (exact) mass is 220 g/mol. The lowest BCUT2D eigenvalue weighted by atomic mass is 10.1. The number of benzene rings is 1. The summed E-state index contributed by atoms with van der Waals surface area (Å²) in [5, 5.41) is 9.10. The molecule has 1 aliphatic carbocycles. The first-order chi connectivity index (χ1) is 7.58. The highest BCUT2D eigenvalue weighted by atomic mass is 16.3. The first-order valence-corrected chi connectivity index (χ1v) is 6.34. The van der Waals surface area contributed by atoms with E-state index in [1.165, 1.54) is 19.3 Å². The van der Waals surface area contributed by atoms with Crippen LogP contribution >= 0.6 is 0 Å². The van der Waals surface area contributed by atoms with Crippen LogP contribution in [-0.4, -0.2) is 5.11 Å². The number of rotatable bonds is 2. The third kappa shape index (κ3) is 3.88. The lowest BCUT2D eigenvalue weighted by Crippen LogP contribution is -1.74. The number of aromatic hydroxyl groups is 1. The Hall–Kier alpha value is -0.980. The molecule has 1 aliphatic rings. The minimum atomic E-state index is 0.384. The van der Waals surface area contributed by atoms with Crippen LogP contribution < -0.4 is 0 Å². The summed E-state index contributed by atoms with van der Waals surface area (Å²) in [6, 6.07) is 5.65. The Balaban J connectivity index is 0.000000165. The Morgan fingerprint density at radius 3 is 2.00 bits per heavy atom. The molecule has 0 aliphatic heterocycles. The third-order valence-electron chi connectivity index (χ3n) is 3.48. The van der Waals surface area contributed by atoms with Crippen molar-refractivity contribution in [3.63, 3.8) is 0 Å². The topological polar surface area (TPSA) is 20.2 Å². The highest BCUT2D eigenvalue weighted by Gasteiger charge is 2.32. The van der Waals surface area contributed by atoms with Gasteiger partial charge in [-0.15, -0.1) is 0 Å². The van der Waals surface area contributed by atoms with Gasteiger partial charge in [0.05, 0.1) is 0 Å². The van der Waals surface area contributed by atoms with Crippen LogP contribution in [0, 0.1) is 25.7 Å². The Morgan fingerprint density at radius 2 is 1.69 bits per heavy atom. The van der Waals surface area contributed by atoms with E-state index in [2.05, 4.69) is 13.8 Å². The molecule has 1 nitrogen and oxygen atoms in total. The maximum atomic E-state index is 9.10. The van der Waals surface area contributed by atoms with Gasteiger partial charge in [-0.2, -0.15) is 0 Å². The van der Waals surface area contributed by atoms with E-state index in [1.54, 1.807) is 6.07 Å². The smallest absolute Gasteiger partial charge is 0.118 e. The first-order valence-electron chi connectivity index (χ1n) is 6.34. The molecule has 1 heteroatoms. The summed E-state index contributed by atoms with van der Waals surface area (Å²) >= 11 is 0. The molecule has 1 unspecified atom stereocenters. The summed E-state index contributed by atoms with van der Waals surface area (Å²) in [6.07, 6.45) is 4.35.